The second kappa shape index (κ2) is 6.20. The number of nitrogens with two attached hydrogens (primary N) is 1. The lowest BCUT2D eigenvalue weighted by atomic mass is 10.1. The van der Waals surface area contributed by atoms with Crippen LogP contribution in [0.4, 0.5) is 10.1 Å². The van der Waals surface area contributed by atoms with Crippen LogP contribution in [0.1, 0.15) is 21.6 Å². The summed E-state index contributed by atoms with van der Waals surface area (Å²) in [5.41, 5.74) is 6.96. The van der Waals surface area contributed by atoms with Crippen molar-refractivity contribution in [3.05, 3.63) is 47.0 Å². The van der Waals surface area contributed by atoms with Crippen molar-refractivity contribution in [2.75, 3.05) is 11.9 Å². The Kier molecular flexibility index (Phi) is 4.36. The summed E-state index contributed by atoms with van der Waals surface area (Å²) in [6.45, 7) is 1.96. The average molecular weight is 286 g/mol. The van der Waals surface area contributed by atoms with E-state index in [4.69, 9.17) is 5.73 Å². The average Bonchev–Trinajstić information content (AvgIpc) is 2.75. The molecule has 1 aromatic heterocycles. The van der Waals surface area contributed by atoms with Gasteiger partial charge in [-0.25, -0.2) is 4.39 Å². The summed E-state index contributed by atoms with van der Waals surface area (Å²) < 4.78 is 15.4. The minimum Gasteiger partial charge on any atom is -0.320 e. The number of rotatable bonds is 2. The SMILES string of the molecule is Cc1nn(C)cc1NC(=O)c1cc(C#CCN)ccc1F. The van der Waals surface area contributed by atoms with E-state index in [9.17, 15) is 9.18 Å². The van der Waals surface area contributed by atoms with Crippen LogP contribution in [0.3, 0.4) is 0 Å². The number of aryl methyl sites for hydroxylation is 2. The molecule has 2 aromatic rings. The second-order valence-corrected chi connectivity index (χ2v) is 4.46. The fraction of sp³-hybridized carbons (Fsp3) is 0.200. The molecule has 1 heterocycles. The van der Waals surface area contributed by atoms with Gasteiger partial charge in [0.25, 0.3) is 5.91 Å². The zero-order valence-electron chi connectivity index (χ0n) is 11.8. The third-order valence-corrected chi connectivity index (χ3v) is 2.81. The highest BCUT2D eigenvalue weighted by Gasteiger charge is 2.14. The largest absolute Gasteiger partial charge is 0.320 e. The standard InChI is InChI=1S/C15H15FN4O/c1-10-14(9-20(2)19-10)18-15(21)12-8-11(4-3-7-17)5-6-13(12)16/h5-6,8-9H,7,17H2,1-2H3,(H,18,21). The van der Waals surface area contributed by atoms with Gasteiger partial charge in [-0.15, -0.1) is 0 Å². The molecule has 0 radical (unpaired) electrons. The van der Waals surface area contributed by atoms with Crippen LogP contribution in [-0.4, -0.2) is 22.2 Å². The van der Waals surface area contributed by atoms with Crippen molar-refractivity contribution in [1.29, 1.82) is 0 Å². The zero-order valence-corrected chi connectivity index (χ0v) is 11.8. The molecule has 2 rings (SSSR count). The molecule has 0 aliphatic heterocycles. The van der Waals surface area contributed by atoms with Crippen LogP contribution in [-0.2, 0) is 7.05 Å². The van der Waals surface area contributed by atoms with Gasteiger partial charge in [0.1, 0.15) is 5.82 Å². The van der Waals surface area contributed by atoms with Gasteiger partial charge < -0.3 is 11.1 Å². The number of aromatic nitrogens is 2. The van der Waals surface area contributed by atoms with E-state index >= 15 is 0 Å². The number of benzene rings is 1. The number of carbonyl (C=O) groups excluding carboxylic acids is 1. The van der Waals surface area contributed by atoms with Gasteiger partial charge in [0.15, 0.2) is 0 Å². The molecule has 0 spiro atoms. The summed E-state index contributed by atoms with van der Waals surface area (Å²) in [7, 11) is 1.74. The van der Waals surface area contributed by atoms with E-state index in [-0.39, 0.29) is 12.1 Å². The molecule has 108 valence electrons. The summed E-state index contributed by atoms with van der Waals surface area (Å²) in [6, 6.07) is 4.12. The molecule has 0 atom stereocenters. The van der Waals surface area contributed by atoms with Crippen molar-refractivity contribution in [2.24, 2.45) is 12.8 Å². The van der Waals surface area contributed by atoms with Crippen molar-refractivity contribution < 1.29 is 9.18 Å². The minimum atomic E-state index is -0.604. The van der Waals surface area contributed by atoms with Crippen LogP contribution in [0.25, 0.3) is 0 Å². The van der Waals surface area contributed by atoms with Crippen LogP contribution in [0.2, 0.25) is 0 Å². The van der Waals surface area contributed by atoms with Crippen LogP contribution in [0.5, 0.6) is 0 Å². The first-order valence-corrected chi connectivity index (χ1v) is 6.31. The van der Waals surface area contributed by atoms with E-state index < -0.39 is 11.7 Å². The Hall–Kier alpha value is -2.65. The Morgan fingerprint density at radius 3 is 2.90 bits per heavy atom. The molecule has 0 fully saturated rings. The molecule has 0 saturated carbocycles. The van der Waals surface area contributed by atoms with Crippen molar-refractivity contribution in [2.45, 2.75) is 6.92 Å². The Morgan fingerprint density at radius 1 is 1.52 bits per heavy atom. The van der Waals surface area contributed by atoms with Crippen molar-refractivity contribution in [3.63, 3.8) is 0 Å². The van der Waals surface area contributed by atoms with E-state index in [1.54, 1.807) is 24.9 Å². The maximum absolute atomic E-state index is 13.8. The van der Waals surface area contributed by atoms with E-state index in [0.29, 0.717) is 16.9 Å². The van der Waals surface area contributed by atoms with Crippen LogP contribution >= 0.6 is 0 Å². The first kappa shape index (κ1) is 14.8. The Morgan fingerprint density at radius 2 is 2.29 bits per heavy atom. The second-order valence-electron chi connectivity index (χ2n) is 4.46. The minimum absolute atomic E-state index is 0.0675. The zero-order chi connectivity index (χ0) is 15.4. The third-order valence-electron chi connectivity index (χ3n) is 2.81. The Labute approximate surface area is 122 Å². The fourth-order valence-corrected chi connectivity index (χ4v) is 1.84. The number of nitrogens with zero attached hydrogens (tertiary/aromatic N) is 2. The van der Waals surface area contributed by atoms with Gasteiger partial charge in [-0.3, -0.25) is 9.48 Å². The maximum atomic E-state index is 13.8. The van der Waals surface area contributed by atoms with Gasteiger partial charge in [0.2, 0.25) is 0 Å². The highest BCUT2D eigenvalue weighted by atomic mass is 19.1. The van der Waals surface area contributed by atoms with Gasteiger partial charge in [0.05, 0.1) is 23.5 Å². The third kappa shape index (κ3) is 3.46. The van der Waals surface area contributed by atoms with Gasteiger partial charge in [-0.1, -0.05) is 11.8 Å². The van der Waals surface area contributed by atoms with E-state index in [0.717, 1.165) is 0 Å². The van der Waals surface area contributed by atoms with E-state index in [1.165, 1.54) is 18.2 Å². The summed E-state index contributed by atoms with van der Waals surface area (Å²) in [4.78, 5) is 12.2. The number of hydrogen-bond acceptors (Lipinski definition) is 3. The fourth-order valence-electron chi connectivity index (χ4n) is 1.84. The van der Waals surface area contributed by atoms with Crippen LogP contribution in [0, 0.1) is 24.6 Å². The summed E-state index contributed by atoms with van der Waals surface area (Å²) >= 11 is 0. The van der Waals surface area contributed by atoms with Gasteiger partial charge in [-0.2, -0.15) is 5.10 Å². The first-order valence-electron chi connectivity index (χ1n) is 6.31. The Balaban J connectivity index is 2.28. The quantitative estimate of drug-likeness (QED) is 0.820. The monoisotopic (exact) mass is 286 g/mol. The van der Waals surface area contributed by atoms with Gasteiger partial charge >= 0.3 is 0 Å². The number of hydrogen-bond donors (Lipinski definition) is 2. The molecule has 6 heteroatoms. The lowest BCUT2D eigenvalue weighted by Gasteiger charge is -2.05. The molecule has 0 aliphatic carbocycles. The summed E-state index contributed by atoms with van der Waals surface area (Å²) in [6.07, 6.45) is 1.66. The van der Waals surface area contributed by atoms with E-state index in [2.05, 4.69) is 22.3 Å². The molecular weight excluding hydrogens is 271 g/mol. The number of nitrogens with one attached hydrogen (secondary N) is 1. The molecule has 0 aliphatic rings. The molecule has 3 N–H and O–H groups in total. The van der Waals surface area contributed by atoms with Gasteiger partial charge in [-0.05, 0) is 25.1 Å². The number of carbonyl (C=O) groups is 1. The Bertz CT molecular complexity index is 740. The lowest BCUT2D eigenvalue weighted by molar-refractivity contribution is 0.102. The highest BCUT2D eigenvalue weighted by Crippen LogP contribution is 2.16. The normalized spacial score (nSPS) is 9.90. The van der Waals surface area contributed by atoms with E-state index in [1.807, 2.05) is 0 Å². The summed E-state index contributed by atoms with van der Waals surface area (Å²) in [5, 5.41) is 6.75. The highest BCUT2D eigenvalue weighted by molar-refractivity contribution is 6.04. The first-order chi connectivity index (χ1) is 10.0. The predicted octanol–water partition coefficient (Wildman–Crippen LogP) is 1.43. The molecular formula is C15H15FN4O. The molecule has 0 unspecified atom stereocenters. The molecule has 0 saturated heterocycles. The molecule has 5 nitrogen and oxygen atoms in total. The lowest BCUT2D eigenvalue weighted by Crippen LogP contribution is -2.14. The van der Waals surface area contributed by atoms with Crippen molar-refractivity contribution in [1.82, 2.24) is 9.78 Å². The predicted molar refractivity (Wildman–Crippen MR) is 78.2 cm³/mol. The van der Waals surface area contributed by atoms with Gasteiger partial charge in [0, 0.05) is 18.8 Å². The number of halogens is 1. The summed E-state index contributed by atoms with van der Waals surface area (Å²) in [5.74, 6) is 4.28. The van der Waals surface area contributed by atoms with Crippen LogP contribution in [0.15, 0.2) is 24.4 Å². The molecule has 21 heavy (non-hydrogen) atoms. The smallest absolute Gasteiger partial charge is 0.258 e. The number of anilines is 1. The number of amides is 1. The molecule has 1 aromatic carbocycles. The topological polar surface area (TPSA) is 72.9 Å². The molecule has 1 amide bonds. The maximum Gasteiger partial charge on any atom is 0.258 e. The van der Waals surface area contributed by atoms with Crippen LogP contribution < -0.4 is 11.1 Å². The van der Waals surface area contributed by atoms with Crippen molar-refractivity contribution >= 4 is 11.6 Å². The molecule has 0 bridgehead atoms. The van der Waals surface area contributed by atoms with Crippen molar-refractivity contribution in [3.8, 4) is 11.8 Å².